The average Bonchev–Trinajstić information content (AvgIpc) is 2.94. The highest BCUT2D eigenvalue weighted by molar-refractivity contribution is 7.89. The number of oxazole rings is 1. The third kappa shape index (κ3) is 3.25. The molecule has 7 nitrogen and oxygen atoms in total. The summed E-state index contributed by atoms with van der Waals surface area (Å²) >= 11 is 0. The molecule has 2 N–H and O–H groups in total. The molecule has 2 aromatic carbocycles. The van der Waals surface area contributed by atoms with Gasteiger partial charge in [-0.2, -0.15) is 4.31 Å². The third-order valence-corrected chi connectivity index (χ3v) is 5.42. The lowest BCUT2D eigenvalue weighted by atomic mass is 10.2. The maximum atomic E-state index is 12.9. The molecule has 126 valence electrons. The minimum atomic E-state index is -3.85. The number of hydrogen-bond acceptors (Lipinski definition) is 5. The number of fused-ring (bicyclic) bond motifs is 1. The van der Waals surface area contributed by atoms with Crippen molar-refractivity contribution < 1.29 is 17.9 Å². The summed E-state index contributed by atoms with van der Waals surface area (Å²) in [7, 11) is -3.85. The summed E-state index contributed by atoms with van der Waals surface area (Å²) in [6, 6.07) is 13.3. The van der Waals surface area contributed by atoms with Gasteiger partial charge in [-0.15, -0.1) is 0 Å². The van der Waals surface area contributed by atoms with Crippen LogP contribution in [0.5, 0.6) is 0 Å². The van der Waals surface area contributed by atoms with Crippen molar-refractivity contribution >= 4 is 21.1 Å². The van der Waals surface area contributed by atoms with E-state index >= 15 is 0 Å². The summed E-state index contributed by atoms with van der Waals surface area (Å²) in [5.41, 5.74) is 1.41. The van der Waals surface area contributed by atoms with E-state index < -0.39 is 15.8 Å². The summed E-state index contributed by atoms with van der Waals surface area (Å²) in [6.45, 7) is -0.196. The van der Waals surface area contributed by atoms with Crippen LogP contribution in [0.4, 0.5) is 0 Å². The van der Waals surface area contributed by atoms with E-state index in [1.807, 2.05) is 30.3 Å². The van der Waals surface area contributed by atoms with E-state index in [4.69, 9.17) is 4.42 Å². The number of benzene rings is 2. The molecule has 0 atom stereocenters. The summed E-state index contributed by atoms with van der Waals surface area (Å²) in [5, 5.41) is 9.23. The summed E-state index contributed by atoms with van der Waals surface area (Å²) in [6.07, 6.45) is 0. The van der Waals surface area contributed by atoms with Gasteiger partial charge < -0.3 is 9.52 Å². The Morgan fingerprint density at radius 3 is 2.58 bits per heavy atom. The Balaban J connectivity index is 1.98. The van der Waals surface area contributed by atoms with Crippen molar-refractivity contribution in [2.24, 2.45) is 0 Å². The number of rotatable bonds is 6. The van der Waals surface area contributed by atoms with Crippen molar-refractivity contribution in [1.29, 1.82) is 0 Å². The molecule has 0 saturated carbocycles. The molecule has 0 amide bonds. The van der Waals surface area contributed by atoms with Gasteiger partial charge in [0.05, 0.1) is 17.0 Å². The molecule has 0 aliphatic rings. The van der Waals surface area contributed by atoms with Crippen molar-refractivity contribution in [1.82, 2.24) is 9.29 Å². The molecule has 1 heterocycles. The van der Waals surface area contributed by atoms with E-state index in [1.54, 1.807) is 0 Å². The number of sulfonamides is 1. The number of aliphatic hydroxyl groups is 1. The van der Waals surface area contributed by atoms with Gasteiger partial charge in [0.1, 0.15) is 0 Å². The van der Waals surface area contributed by atoms with Crippen LogP contribution in [0.2, 0.25) is 0 Å². The van der Waals surface area contributed by atoms with Crippen molar-refractivity contribution in [2.45, 2.75) is 11.4 Å². The first-order chi connectivity index (χ1) is 11.5. The predicted molar refractivity (Wildman–Crippen MR) is 88.0 cm³/mol. The Morgan fingerprint density at radius 1 is 1.12 bits per heavy atom. The van der Waals surface area contributed by atoms with Crippen molar-refractivity contribution in [2.75, 3.05) is 13.2 Å². The second-order valence-electron chi connectivity index (χ2n) is 5.22. The van der Waals surface area contributed by atoms with E-state index in [0.717, 1.165) is 5.56 Å². The number of H-pyrrole nitrogens is 1. The minimum absolute atomic E-state index is 0.00197. The lowest BCUT2D eigenvalue weighted by Crippen LogP contribution is -2.33. The van der Waals surface area contributed by atoms with E-state index in [-0.39, 0.29) is 30.2 Å². The van der Waals surface area contributed by atoms with E-state index in [1.165, 1.54) is 22.5 Å². The first-order valence-corrected chi connectivity index (χ1v) is 8.72. The van der Waals surface area contributed by atoms with Gasteiger partial charge in [0.2, 0.25) is 10.0 Å². The maximum Gasteiger partial charge on any atom is 0.417 e. The van der Waals surface area contributed by atoms with Gasteiger partial charge in [-0.25, -0.2) is 13.2 Å². The Kier molecular flexibility index (Phi) is 4.52. The average molecular weight is 348 g/mol. The zero-order chi connectivity index (χ0) is 17.2. The van der Waals surface area contributed by atoms with Gasteiger partial charge in [0, 0.05) is 19.2 Å². The normalized spacial score (nSPS) is 12.1. The summed E-state index contributed by atoms with van der Waals surface area (Å²) in [5.74, 6) is -0.643. The molecular formula is C16H16N2O5S. The molecule has 0 fully saturated rings. The van der Waals surface area contributed by atoms with Gasteiger partial charge in [0.25, 0.3) is 0 Å². The molecule has 24 heavy (non-hydrogen) atoms. The Labute approximate surface area is 138 Å². The largest absolute Gasteiger partial charge is 0.417 e. The molecule has 0 bridgehead atoms. The zero-order valence-corrected chi connectivity index (χ0v) is 13.5. The van der Waals surface area contributed by atoms with Crippen LogP contribution in [0.25, 0.3) is 11.1 Å². The fraction of sp³-hybridized carbons (Fsp3) is 0.188. The number of hydrogen-bond donors (Lipinski definition) is 2. The van der Waals surface area contributed by atoms with Gasteiger partial charge in [-0.05, 0) is 17.7 Å². The summed E-state index contributed by atoms with van der Waals surface area (Å²) < 4.78 is 31.8. The molecule has 3 rings (SSSR count). The fourth-order valence-electron chi connectivity index (χ4n) is 2.42. The number of aromatic nitrogens is 1. The molecule has 0 radical (unpaired) electrons. The number of nitrogens with zero attached hydrogens (tertiary/aromatic N) is 1. The topological polar surface area (TPSA) is 104 Å². The van der Waals surface area contributed by atoms with Crippen LogP contribution in [-0.2, 0) is 16.6 Å². The standard InChI is InChI=1S/C16H16N2O5S/c19-9-8-18(11-12-4-2-1-3-5-12)24(21,22)13-6-7-14-15(10-13)23-16(20)17-14/h1-7,10,19H,8-9,11H2,(H,17,20). The van der Waals surface area contributed by atoms with Gasteiger partial charge in [-0.3, -0.25) is 4.98 Å². The van der Waals surface area contributed by atoms with E-state index in [0.29, 0.717) is 5.52 Å². The van der Waals surface area contributed by atoms with Crippen LogP contribution in [0.15, 0.2) is 62.6 Å². The lowest BCUT2D eigenvalue weighted by molar-refractivity contribution is 0.251. The SMILES string of the molecule is O=c1[nH]c2ccc(S(=O)(=O)N(CCO)Cc3ccccc3)cc2o1. The third-order valence-electron chi connectivity index (χ3n) is 3.58. The predicted octanol–water partition coefficient (Wildman–Crippen LogP) is 1.30. The van der Waals surface area contributed by atoms with Crippen LogP contribution in [0, 0.1) is 0 Å². The van der Waals surface area contributed by atoms with Gasteiger partial charge >= 0.3 is 5.76 Å². The molecule has 3 aromatic rings. The van der Waals surface area contributed by atoms with Gasteiger partial charge in [-0.1, -0.05) is 30.3 Å². The van der Waals surface area contributed by atoms with Crippen LogP contribution in [-0.4, -0.2) is 36.0 Å². The fourth-order valence-corrected chi connectivity index (χ4v) is 3.85. The first-order valence-electron chi connectivity index (χ1n) is 7.28. The number of aromatic amines is 1. The molecular weight excluding hydrogens is 332 g/mol. The Morgan fingerprint density at radius 2 is 1.88 bits per heavy atom. The zero-order valence-electron chi connectivity index (χ0n) is 12.7. The quantitative estimate of drug-likeness (QED) is 0.699. The smallest absolute Gasteiger partial charge is 0.408 e. The Hall–Kier alpha value is -2.42. The van der Waals surface area contributed by atoms with Crippen molar-refractivity contribution in [3.63, 3.8) is 0 Å². The van der Waals surface area contributed by atoms with E-state index in [2.05, 4.69) is 4.98 Å². The second kappa shape index (κ2) is 6.60. The van der Waals surface area contributed by atoms with Crippen molar-refractivity contribution in [3.8, 4) is 0 Å². The van der Waals surface area contributed by atoms with Gasteiger partial charge in [0.15, 0.2) is 5.58 Å². The highest BCUT2D eigenvalue weighted by Gasteiger charge is 2.25. The number of aliphatic hydroxyl groups excluding tert-OH is 1. The molecule has 0 unspecified atom stereocenters. The molecule has 0 saturated heterocycles. The minimum Gasteiger partial charge on any atom is -0.408 e. The van der Waals surface area contributed by atoms with Crippen LogP contribution in [0.1, 0.15) is 5.56 Å². The molecule has 0 spiro atoms. The van der Waals surface area contributed by atoms with Crippen LogP contribution >= 0.6 is 0 Å². The second-order valence-corrected chi connectivity index (χ2v) is 7.16. The first kappa shape index (κ1) is 16.4. The Bertz CT molecular complexity index is 992. The maximum absolute atomic E-state index is 12.9. The summed E-state index contributed by atoms with van der Waals surface area (Å²) in [4.78, 5) is 13.7. The molecule has 1 aromatic heterocycles. The molecule has 0 aliphatic carbocycles. The molecule has 8 heteroatoms. The van der Waals surface area contributed by atoms with E-state index in [9.17, 15) is 18.3 Å². The lowest BCUT2D eigenvalue weighted by Gasteiger charge is -2.21. The van der Waals surface area contributed by atoms with Crippen LogP contribution < -0.4 is 5.76 Å². The highest BCUT2D eigenvalue weighted by atomic mass is 32.2. The molecule has 0 aliphatic heterocycles. The number of nitrogens with one attached hydrogen (secondary N) is 1. The van der Waals surface area contributed by atoms with Crippen LogP contribution in [0.3, 0.4) is 0 Å². The highest BCUT2D eigenvalue weighted by Crippen LogP contribution is 2.21. The van der Waals surface area contributed by atoms with Crippen molar-refractivity contribution in [3.05, 3.63) is 64.6 Å². The monoisotopic (exact) mass is 348 g/mol.